The number of benzene rings is 1. The lowest BCUT2D eigenvalue weighted by Gasteiger charge is -2.21. The molecule has 0 aromatic heterocycles. The van der Waals surface area contributed by atoms with Crippen LogP contribution in [0, 0.1) is 13.8 Å². The van der Waals surface area contributed by atoms with Crippen LogP contribution in [0.1, 0.15) is 31.4 Å². The van der Waals surface area contributed by atoms with Gasteiger partial charge in [0.15, 0.2) is 0 Å². The Morgan fingerprint density at radius 1 is 1.24 bits per heavy atom. The van der Waals surface area contributed by atoms with E-state index in [4.69, 9.17) is 0 Å². The molecule has 0 aliphatic carbocycles. The van der Waals surface area contributed by atoms with E-state index in [0.29, 0.717) is 6.54 Å². The summed E-state index contributed by atoms with van der Waals surface area (Å²) in [5.41, 5.74) is 1.99. The fraction of sp³-hybridized carbons (Fsp3) is 0.533. The second-order valence-corrected chi connectivity index (χ2v) is 7.62. The second-order valence-electron chi connectivity index (χ2n) is 5.91. The standard InChI is InChI=1S/C15H22N2O3S/c1-10(2)17-9-13(8-15(17)18)16-21(19,20)14-6-5-11(3)12(4)7-14/h5-7,10,13,16H,8-9H2,1-4H3. The largest absolute Gasteiger partial charge is 0.339 e. The van der Waals surface area contributed by atoms with Crippen LogP contribution in [0.3, 0.4) is 0 Å². The Bertz CT molecular complexity index is 653. The zero-order valence-electron chi connectivity index (χ0n) is 12.9. The molecule has 6 heteroatoms. The quantitative estimate of drug-likeness (QED) is 0.918. The average Bonchev–Trinajstić information content (AvgIpc) is 2.72. The van der Waals surface area contributed by atoms with E-state index in [-0.39, 0.29) is 29.3 Å². The van der Waals surface area contributed by atoms with Crippen molar-refractivity contribution in [2.45, 2.75) is 51.1 Å². The van der Waals surface area contributed by atoms with E-state index in [2.05, 4.69) is 4.72 Å². The van der Waals surface area contributed by atoms with Crippen LogP contribution in [0.4, 0.5) is 0 Å². The van der Waals surface area contributed by atoms with Gasteiger partial charge in [-0.25, -0.2) is 13.1 Å². The van der Waals surface area contributed by atoms with Crippen LogP contribution in [0.2, 0.25) is 0 Å². The number of amides is 1. The van der Waals surface area contributed by atoms with E-state index >= 15 is 0 Å². The van der Waals surface area contributed by atoms with Crippen molar-refractivity contribution in [3.05, 3.63) is 29.3 Å². The van der Waals surface area contributed by atoms with Crippen LogP contribution in [0.5, 0.6) is 0 Å². The number of hydrogen-bond acceptors (Lipinski definition) is 3. The first kappa shape index (κ1) is 16.0. The highest BCUT2D eigenvalue weighted by Gasteiger charge is 2.33. The molecule has 0 saturated carbocycles. The third kappa shape index (κ3) is 3.44. The number of carbonyl (C=O) groups is 1. The van der Waals surface area contributed by atoms with Gasteiger partial charge in [0.25, 0.3) is 0 Å². The summed E-state index contributed by atoms with van der Waals surface area (Å²) < 4.78 is 27.4. The molecule has 5 nitrogen and oxygen atoms in total. The molecule has 1 N–H and O–H groups in total. The van der Waals surface area contributed by atoms with Gasteiger partial charge in [-0.2, -0.15) is 0 Å². The molecule has 1 fully saturated rings. The van der Waals surface area contributed by atoms with Gasteiger partial charge >= 0.3 is 0 Å². The molecule has 1 aliphatic heterocycles. The van der Waals surface area contributed by atoms with Crippen molar-refractivity contribution < 1.29 is 13.2 Å². The number of aryl methyl sites for hydroxylation is 2. The molecule has 2 rings (SSSR count). The summed E-state index contributed by atoms with van der Waals surface area (Å²) in [6, 6.07) is 4.79. The fourth-order valence-electron chi connectivity index (χ4n) is 2.48. The maximum absolute atomic E-state index is 12.4. The summed E-state index contributed by atoms with van der Waals surface area (Å²) >= 11 is 0. The lowest BCUT2D eigenvalue weighted by Crippen LogP contribution is -2.38. The summed E-state index contributed by atoms with van der Waals surface area (Å²) in [4.78, 5) is 13.8. The van der Waals surface area contributed by atoms with Gasteiger partial charge in [0.2, 0.25) is 15.9 Å². The molecular formula is C15H22N2O3S. The molecule has 1 amide bonds. The topological polar surface area (TPSA) is 66.5 Å². The molecule has 1 saturated heterocycles. The first-order valence-corrected chi connectivity index (χ1v) is 8.58. The molecule has 0 radical (unpaired) electrons. The predicted octanol–water partition coefficient (Wildman–Crippen LogP) is 1.59. The highest BCUT2D eigenvalue weighted by Crippen LogP contribution is 2.19. The van der Waals surface area contributed by atoms with Gasteiger partial charge in [-0.1, -0.05) is 6.07 Å². The van der Waals surface area contributed by atoms with Crippen molar-refractivity contribution in [1.29, 1.82) is 0 Å². The Kier molecular flexibility index (Phi) is 4.39. The third-order valence-corrected chi connectivity index (χ3v) is 5.41. The SMILES string of the molecule is Cc1ccc(S(=O)(=O)NC2CC(=O)N(C(C)C)C2)cc1C. The van der Waals surface area contributed by atoms with E-state index in [1.807, 2.05) is 27.7 Å². The minimum Gasteiger partial charge on any atom is -0.339 e. The number of likely N-dealkylation sites (tertiary alicyclic amines) is 1. The van der Waals surface area contributed by atoms with E-state index in [0.717, 1.165) is 11.1 Å². The minimum absolute atomic E-state index is 0.00205. The molecule has 0 bridgehead atoms. The summed E-state index contributed by atoms with van der Waals surface area (Å²) in [7, 11) is -3.58. The summed E-state index contributed by atoms with van der Waals surface area (Å²) in [6.45, 7) is 8.11. The van der Waals surface area contributed by atoms with Gasteiger partial charge in [-0.3, -0.25) is 4.79 Å². The zero-order chi connectivity index (χ0) is 15.8. The molecule has 116 valence electrons. The lowest BCUT2D eigenvalue weighted by molar-refractivity contribution is -0.129. The van der Waals surface area contributed by atoms with Crippen molar-refractivity contribution in [2.75, 3.05) is 6.54 Å². The van der Waals surface area contributed by atoms with E-state index < -0.39 is 10.0 Å². The number of hydrogen-bond donors (Lipinski definition) is 1. The Balaban J connectivity index is 2.15. The highest BCUT2D eigenvalue weighted by atomic mass is 32.2. The first-order chi connectivity index (χ1) is 9.70. The van der Waals surface area contributed by atoms with Gasteiger partial charge in [0.1, 0.15) is 0 Å². The molecule has 1 aromatic carbocycles. The molecule has 1 heterocycles. The summed E-state index contributed by atoms with van der Waals surface area (Å²) in [5.74, 6) is -0.00205. The molecule has 1 unspecified atom stereocenters. The maximum atomic E-state index is 12.4. The van der Waals surface area contributed by atoms with Gasteiger partial charge in [-0.05, 0) is 51.0 Å². The number of carbonyl (C=O) groups excluding carboxylic acids is 1. The van der Waals surface area contributed by atoms with Crippen LogP contribution in [-0.4, -0.2) is 37.9 Å². The van der Waals surface area contributed by atoms with Crippen molar-refractivity contribution in [3.8, 4) is 0 Å². The van der Waals surface area contributed by atoms with Crippen molar-refractivity contribution in [2.24, 2.45) is 0 Å². The Hall–Kier alpha value is -1.40. The lowest BCUT2D eigenvalue weighted by atomic mass is 10.1. The summed E-state index contributed by atoms with van der Waals surface area (Å²) in [5, 5.41) is 0. The van der Waals surface area contributed by atoms with Gasteiger partial charge in [-0.15, -0.1) is 0 Å². The van der Waals surface area contributed by atoms with E-state index in [9.17, 15) is 13.2 Å². The van der Waals surface area contributed by atoms with Crippen LogP contribution in [-0.2, 0) is 14.8 Å². The molecule has 1 atom stereocenters. The van der Waals surface area contributed by atoms with Crippen molar-refractivity contribution >= 4 is 15.9 Å². The van der Waals surface area contributed by atoms with E-state index in [1.165, 1.54) is 0 Å². The smallest absolute Gasteiger partial charge is 0.240 e. The zero-order valence-corrected chi connectivity index (χ0v) is 13.7. The highest BCUT2D eigenvalue weighted by molar-refractivity contribution is 7.89. The number of nitrogens with one attached hydrogen (secondary N) is 1. The molecule has 0 spiro atoms. The van der Waals surface area contributed by atoms with Crippen molar-refractivity contribution in [3.63, 3.8) is 0 Å². The second kappa shape index (κ2) is 5.77. The van der Waals surface area contributed by atoms with E-state index in [1.54, 1.807) is 23.1 Å². The van der Waals surface area contributed by atoms with Crippen molar-refractivity contribution in [1.82, 2.24) is 9.62 Å². The maximum Gasteiger partial charge on any atom is 0.240 e. The minimum atomic E-state index is -3.58. The predicted molar refractivity (Wildman–Crippen MR) is 81.5 cm³/mol. The van der Waals surface area contributed by atoms with Gasteiger partial charge in [0.05, 0.1) is 4.90 Å². The third-order valence-electron chi connectivity index (χ3n) is 3.89. The Morgan fingerprint density at radius 2 is 1.90 bits per heavy atom. The number of sulfonamides is 1. The van der Waals surface area contributed by atoms with Gasteiger partial charge < -0.3 is 4.90 Å². The monoisotopic (exact) mass is 310 g/mol. The van der Waals surface area contributed by atoms with Crippen LogP contribution >= 0.6 is 0 Å². The normalized spacial score (nSPS) is 19.6. The fourth-order valence-corrected chi connectivity index (χ4v) is 3.79. The van der Waals surface area contributed by atoms with Crippen LogP contribution in [0.15, 0.2) is 23.1 Å². The van der Waals surface area contributed by atoms with Crippen LogP contribution < -0.4 is 4.72 Å². The summed E-state index contributed by atoms with van der Waals surface area (Å²) in [6.07, 6.45) is 0.224. The Morgan fingerprint density at radius 3 is 2.43 bits per heavy atom. The number of nitrogens with zero attached hydrogens (tertiary/aromatic N) is 1. The number of rotatable bonds is 4. The molecule has 1 aromatic rings. The van der Waals surface area contributed by atoms with Gasteiger partial charge in [0, 0.05) is 25.0 Å². The molecule has 21 heavy (non-hydrogen) atoms. The first-order valence-electron chi connectivity index (χ1n) is 7.10. The van der Waals surface area contributed by atoms with Crippen LogP contribution in [0.25, 0.3) is 0 Å². The average molecular weight is 310 g/mol. The Labute approximate surface area is 126 Å². The molecule has 1 aliphatic rings. The molecular weight excluding hydrogens is 288 g/mol.